The molecule has 0 radical (unpaired) electrons. The van der Waals surface area contributed by atoms with Gasteiger partial charge in [-0.3, -0.25) is 4.55 Å². The summed E-state index contributed by atoms with van der Waals surface area (Å²) in [7, 11) is -3.92. The third kappa shape index (κ3) is 15.8. The van der Waals surface area contributed by atoms with E-state index in [2.05, 4.69) is 18.8 Å². The summed E-state index contributed by atoms with van der Waals surface area (Å²) in [4.78, 5) is 0. The topological polar surface area (TPSA) is 66.4 Å². The molecule has 0 aromatic carbocycles. The van der Waals surface area contributed by atoms with Crippen molar-refractivity contribution in [3.63, 3.8) is 0 Å². The van der Waals surface area contributed by atoms with Gasteiger partial charge in [-0.2, -0.15) is 8.42 Å². The van der Waals surface area contributed by atoms with Crippen LogP contribution in [0, 0.1) is 0 Å². The molecule has 21 heavy (non-hydrogen) atoms. The Balaban J connectivity index is 3.82. The van der Waals surface area contributed by atoms with Gasteiger partial charge >= 0.3 is 0 Å². The Morgan fingerprint density at radius 1 is 1.10 bits per heavy atom. The van der Waals surface area contributed by atoms with Crippen molar-refractivity contribution in [3.8, 4) is 0 Å². The van der Waals surface area contributed by atoms with E-state index in [1.165, 1.54) is 38.5 Å². The zero-order chi connectivity index (χ0) is 16.1. The average Bonchev–Trinajstić information content (AvgIpc) is 2.37. The van der Waals surface area contributed by atoms with Crippen LogP contribution < -0.4 is 5.32 Å². The van der Waals surface area contributed by atoms with E-state index < -0.39 is 10.1 Å². The summed E-state index contributed by atoms with van der Waals surface area (Å²) in [5, 5.41) is 3.16. The Morgan fingerprint density at radius 3 is 2.10 bits per heavy atom. The van der Waals surface area contributed by atoms with Crippen molar-refractivity contribution in [3.05, 3.63) is 12.2 Å². The zero-order valence-corrected chi connectivity index (χ0v) is 14.6. The van der Waals surface area contributed by atoms with Gasteiger partial charge in [0.15, 0.2) is 0 Å². The van der Waals surface area contributed by atoms with E-state index >= 15 is 0 Å². The van der Waals surface area contributed by atoms with E-state index in [9.17, 15) is 8.42 Å². The van der Waals surface area contributed by atoms with E-state index in [1.807, 2.05) is 6.92 Å². The number of rotatable bonds is 14. The van der Waals surface area contributed by atoms with Crippen molar-refractivity contribution in [1.82, 2.24) is 5.32 Å². The molecule has 0 rings (SSSR count). The predicted octanol–water partition coefficient (Wildman–Crippen LogP) is 3.94. The maximum Gasteiger partial charge on any atom is 0.266 e. The van der Waals surface area contributed by atoms with Crippen LogP contribution in [0.5, 0.6) is 0 Å². The predicted molar refractivity (Wildman–Crippen MR) is 90.2 cm³/mol. The first-order chi connectivity index (χ1) is 9.85. The minimum atomic E-state index is -3.92. The molecule has 0 fully saturated rings. The second-order valence-corrected chi connectivity index (χ2v) is 7.54. The van der Waals surface area contributed by atoms with Crippen molar-refractivity contribution < 1.29 is 13.0 Å². The van der Waals surface area contributed by atoms with Crippen molar-refractivity contribution in [2.45, 2.75) is 77.7 Å². The molecule has 0 heterocycles. The van der Waals surface area contributed by atoms with Crippen LogP contribution in [0.3, 0.4) is 0 Å². The van der Waals surface area contributed by atoms with Crippen molar-refractivity contribution >= 4 is 10.1 Å². The Kier molecular flexibility index (Phi) is 12.0. The smallest absolute Gasteiger partial charge is 0.266 e. The molecule has 1 unspecified atom stereocenters. The van der Waals surface area contributed by atoms with Gasteiger partial charge in [0.1, 0.15) is 0 Å². The largest absolute Gasteiger partial charge is 0.309 e. The summed E-state index contributed by atoms with van der Waals surface area (Å²) in [6, 6.07) is -0.184. The van der Waals surface area contributed by atoms with Crippen LogP contribution in [0.2, 0.25) is 0 Å². The molecule has 0 bridgehead atoms. The lowest BCUT2D eigenvalue weighted by Crippen LogP contribution is -2.36. The second kappa shape index (κ2) is 12.2. The monoisotopic (exact) mass is 319 g/mol. The van der Waals surface area contributed by atoms with E-state index in [1.54, 1.807) is 0 Å². The van der Waals surface area contributed by atoms with Crippen LogP contribution in [-0.2, 0) is 10.1 Å². The maximum absolute atomic E-state index is 11.0. The van der Waals surface area contributed by atoms with Gasteiger partial charge in [-0.05, 0) is 13.3 Å². The molecule has 126 valence electrons. The highest BCUT2D eigenvalue weighted by atomic mass is 32.2. The van der Waals surface area contributed by atoms with Gasteiger partial charge in [-0.15, -0.1) is 0 Å². The van der Waals surface area contributed by atoms with Gasteiger partial charge < -0.3 is 5.32 Å². The molecule has 0 saturated heterocycles. The molecule has 1 atom stereocenters. The summed E-state index contributed by atoms with van der Waals surface area (Å²) in [6.07, 6.45) is 10.6. The average molecular weight is 320 g/mol. The molecule has 0 aromatic rings. The number of hydrogen-bond donors (Lipinski definition) is 2. The first-order valence-corrected chi connectivity index (χ1v) is 9.79. The summed E-state index contributed by atoms with van der Waals surface area (Å²) in [5.41, 5.74) is 0.964. The van der Waals surface area contributed by atoms with Crippen LogP contribution in [0.1, 0.15) is 71.6 Å². The van der Waals surface area contributed by atoms with Gasteiger partial charge in [0.05, 0.1) is 5.75 Å². The molecule has 0 aliphatic heterocycles. The van der Waals surface area contributed by atoms with Gasteiger partial charge in [-0.25, -0.2) is 0 Å². The lowest BCUT2D eigenvalue weighted by atomic mass is 10.1. The molecule has 0 amide bonds. The number of nitrogens with one attached hydrogen (secondary N) is 1. The van der Waals surface area contributed by atoms with Crippen molar-refractivity contribution in [1.29, 1.82) is 0 Å². The highest BCUT2D eigenvalue weighted by Gasteiger charge is 2.15. The maximum atomic E-state index is 11.0. The number of unbranched alkanes of at least 4 members (excludes halogenated alkanes) is 7. The lowest BCUT2D eigenvalue weighted by Gasteiger charge is -2.17. The van der Waals surface area contributed by atoms with Crippen LogP contribution in [0.4, 0.5) is 0 Å². The van der Waals surface area contributed by atoms with Crippen LogP contribution in [0.15, 0.2) is 12.2 Å². The fourth-order valence-corrected chi connectivity index (χ4v) is 3.13. The molecular weight excluding hydrogens is 286 g/mol. The quantitative estimate of drug-likeness (QED) is 0.289. The van der Waals surface area contributed by atoms with Gasteiger partial charge in [-0.1, -0.05) is 70.4 Å². The first kappa shape index (κ1) is 20.6. The molecule has 0 aliphatic rings. The Labute approximate surface area is 131 Å². The third-order valence-corrected chi connectivity index (χ3v) is 4.33. The molecule has 5 heteroatoms. The molecule has 0 aromatic heterocycles. The van der Waals surface area contributed by atoms with E-state index in [0.29, 0.717) is 6.54 Å². The standard InChI is InChI=1S/C16H33NO3S/c1-4-5-6-7-8-9-10-11-12-16(14-21(18,19)20)17-13-15(2)3/h16-17H,2,4-14H2,1,3H3,(H,18,19,20). The molecular formula is C16H33NO3S. The molecule has 0 spiro atoms. The SMILES string of the molecule is C=C(C)CNC(CCCCCCCCCC)CS(=O)(=O)O. The minimum Gasteiger partial charge on any atom is -0.309 e. The highest BCUT2D eigenvalue weighted by Crippen LogP contribution is 2.11. The Hall–Kier alpha value is -0.390. The van der Waals surface area contributed by atoms with Crippen LogP contribution >= 0.6 is 0 Å². The normalized spacial score (nSPS) is 13.3. The van der Waals surface area contributed by atoms with E-state index in [0.717, 1.165) is 24.8 Å². The third-order valence-electron chi connectivity index (χ3n) is 3.51. The zero-order valence-electron chi connectivity index (χ0n) is 13.7. The molecule has 2 N–H and O–H groups in total. The fourth-order valence-electron chi connectivity index (χ4n) is 2.34. The van der Waals surface area contributed by atoms with Crippen molar-refractivity contribution in [2.75, 3.05) is 12.3 Å². The Morgan fingerprint density at radius 2 is 1.62 bits per heavy atom. The molecule has 0 saturated carbocycles. The van der Waals surface area contributed by atoms with Crippen LogP contribution in [0.25, 0.3) is 0 Å². The van der Waals surface area contributed by atoms with E-state index in [-0.39, 0.29) is 11.8 Å². The van der Waals surface area contributed by atoms with Crippen LogP contribution in [-0.4, -0.2) is 31.3 Å². The van der Waals surface area contributed by atoms with Gasteiger partial charge in [0.2, 0.25) is 0 Å². The Bertz CT molecular complexity index is 366. The van der Waals surface area contributed by atoms with Crippen molar-refractivity contribution in [2.24, 2.45) is 0 Å². The molecule has 0 aliphatic carbocycles. The van der Waals surface area contributed by atoms with Gasteiger partial charge in [0, 0.05) is 12.6 Å². The highest BCUT2D eigenvalue weighted by molar-refractivity contribution is 7.85. The summed E-state index contributed by atoms with van der Waals surface area (Å²) >= 11 is 0. The summed E-state index contributed by atoms with van der Waals surface area (Å²) in [6.45, 7) is 8.50. The van der Waals surface area contributed by atoms with Gasteiger partial charge in [0.25, 0.3) is 10.1 Å². The second-order valence-electron chi connectivity index (χ2n) is 6.05. The minimum absolute atomic E-state index is 0.184. The first-order valence-electron chi connectivity index (χ1n) is 8.18. The fraction of sp³-hybridized carbons (Fsp3) is 0.875. The lowest BCUT2D eigenvalue weighted by molar-refractivity contribution is 0.448. The van der Waals surface area contributed by atoms with E-state index in [4.69, 9.17) is 4.55 Å². The number of hydrogen-bond acceptors (Lipinski definition) is 3. The molecule has 4 nitrogen and oxygen atoms in total. The summed E-state index contributed by atoms with van der Waals surface area (Å²) < 4.78 is 31.0. The summed E-state index contributed by atoms with van der Waals surface area (Å²) in [5.74, 6) is -0.212.